The summed E-state index contributed by atoms with van der Waals surface area (Å²) in [4.78, 5) is 12.7. The average Bonchev–Trinajstić information content (AvgIpc) is 2.91. The summed E-state index contributed by atoms with van der Waals surface area (Å²) in [5.41, 5.74) is -0.0231. The van der Waals surface area contributed by atoms with Crippen molar-refractivity contribution in [2.75, 3.05) is 20.9 Å². The van der Waals surface area contributed by atoms with Crippen LogP contribution in [0.2, 0.25) is 0 Å². The Hall–Kier alpha value is -3.88. The minimum atomic E-state index is -4.65. The number of nitrogens with zero attached hydrogens (tertiary/aromatic N) is 1. The Kier molecular flexibility index (Phi) is 8.99. The van der Waals surface area contributed by atoms with Crippen molar-refractivity contribution in [2.45, 2.75) is 22.9 Å². The van der Waals surface area contributed by atoms with E-state index in [1.54, 1.807) is 36.4 Å². The van der Waals surface area contributed by atoms with Crippen LogP contribution in [-0.2, 0) is 31.0 Å². The Morgan fingerprint density at radius 3 is 2.05 bits per heavy atom. The van der Waals surface area contributed by atoms with Gasteiger partial charge in [-0.25, -0.2) is 16.8 Å². The van der Waals surface area contributed by atoms with Gasteiger partial charge in [0.2, 0.25) is 5.91 Å². The first-order valence-corrected chi connectivity index (χ1v) is 15.8. The van der Waals surface area contributed by atoms with Gasteiger partial charge in [-0.2, -0.15) is 13.2 Å². The maximum atomic E-state index is 13.5. The van der Waals surface area contributed by atoms with Crippen molar-refractivity contribution in [1.29, 1.82) is 0 Å². The summed E-state index contributed by atoms with van der Waals surface area (Å²) in [6, 6.07) is 21.2. The van der Waals surface area contributed by atoms with Crippen LogP contribution in [0.3, 0.4) is 0 Å². The van der Waals surface area contributed by atoms with Gasteiger partial charge in [0.15, 0.2) is 0 Å². The summed E-state index contributed by atoms with van der Waals surface area (Å²) < 4.78 is 95.1. The van der Waals surface area contributed by atoms with Crippen molar-refractivity contribution in [1.82, 2.24) is 0 Å². The fraction of sp³-hybridized carbons (Fsp3) is 0.107. The summed E-state index contributed by atoms with van der Waals surface area (Å²) in [6.45, 7) is 1.22. The Balaban J connectivity index is 1.52. The molecule has 4 aromatic carbocycles. The zero-order chi connectivity index (χ0) is 30.7. The molecule has 14 heteroatoms. The number of carbonyl (C=O) groups is 1. The fourth-order valence-electron chi connectivity index (χ4n) is 3.81. The number of aryl methyl sites for hydroxylation is 1. The number of anilines is 3. The number of sulfonamides is 2. The first kappa shape index (κ1) is 31.1. The first-order valence-electron chi connectivity index (χ1n) is 12.1. The Bertz CT molecular complexity index is 1820. The van der Waals surface area contributed by atoms with Crippen molar-refractivity contribution in [3.8, 4) is 0 Å². The highest BCUT2D eigenvalue weighted by Gasteiger charge is 2.31. The zero-order valence-corrected chi connectivity index (χ0v) is 25.0. The van der Waals surface area contributed by atoms with Crippen LogP contribution in [0.25, 0.3) is 0 Å². The number of amides is 1. The molecule has 4 aromatic rings. The summed E-state index contributed by atoms with van der Waals surface area (Å²) in [5.74, 6) is -0.705. The highest BCUT2D eigenvalue weighted by atomic mass is 79.9. The third kappa shape index (κ3) is 7.49. The van der Waals surface area contributed by atoms with E-state index in [4.69, 9.17) is 0 Å². The number of hydrogen-bond acceptors (Lipinski definition) is 5. The normalized spacial score (nSPS) is 12.0. The van der Waals surface area contributed by atoms with Gasteiger partial charge in [-0.15, -0.1) is 0 Å². The van der Waals surface area contributed by atoms with Crippen molar-refractivity contribution in [2.24, 2.45) is 0 Å². The molecule has 0 aliphatic heterocycles. The van der Waals surface area contributed by atoms with E-state index in [2.05, 4.69) is 26.0 Å². The lowest BCUT2D eigenvalue weighted by Gasteiger charge is -2.24. The Morgan fingerprint density at radius 2 is 1.43 bits per heavy atom. The predicted molar refractivity (Wildman–Crippen MR) is 157 cm³/mol. The van der Waals surface area contributed by atoms with Crippen LogP contribution in [0.4, 0.5) is 30.2 Å². The van der Waals surface area contributed by atoms with Crippen molar-refractivity contribution < 1.29 is 34.8 Å². The molecule has 1 amide bonds. The molecule has 0 bridgehead atoms. The van der Waals surface area contributed by atoms with E-state index < -0.39 is 44.2 Å². The van der Waals surface area contributed by atoms with Gasteiger partial charge in [0, 0.05) is 15.8 Å². The van der Waals surface area contributed by atoms with Crippen LogP contribution in [0, 0.1) is 6.92 Å². The summed E-state index contributed by atoms with van der Waals surface area (Å²) in [7, 11) is -8.40. The fourth-order valence-corrected chi connectivity index (χ4v) is 6.65. The van der Waals surface area contributed by atoms with E-state index in [-0.39, 0.29) is 26.9 Å². The highest BCUT2D eigenvalue weighted by Crippen LogP contribution is 2.31. The third-order valence-corrected chi connectivity index (χ3v) is 9.56. The molecule has 0 aliphatic carbocycles. The Labute approximate surface area is 249 Å². The van der Waals surface area contributed by atoms with Gasteiger partial charge in [-0.1, -0.05) is 45.8 Å². The molecule has 0 atom stereocenters. The van der Waals surface area contributed by atoms with Gasteiger partial charge in [0.1, 0.15) is 6.54 Å². The molecule has 0 aromatic heterocycles. The van der Waals surface area contributed by atoms with E-state index in [0.717, 1.165) is 34.1 Å². The van der Waals surface area contributed by atoms with Crippen LogP contribution in [-0.4, -0.2) is 29.3 Å². The second-order valence-corrected chi connectivity index (χ2v) is 13.5. The molecule has 2 N–H and O–H groups in total. The highest BCUT2D eigenvalue weighted by molar-refractivity contribution is 9.10. The maximum Gasteiger partial charge on any atom is 0.416 e. The van der Waals surface area contributed by atoms with Crippen LogP contribution in [0.1, 0.15) is 11.1 Å². The third-order valence-electron chi connectivity index (χ3n) is 5.88. The monoisotopic (exact) mass is 681 g/mol. The lowest BCUT2D eigenvalue weighted by molar-refractivity contribution is -0.137. The van der Waals surface area contributed by atoms with Crippen LogP contribution in [0.15, 0.2) is 111 Å². The largest absolute Gasteiger partial charge is 0.416 e. The van der Waals surface area contributed by atoms with Crippen LogP contribution < -0.4 is 14.3 Å². The molecule has 0 saturated heterocycles. The number of nitrogens with one attached hydrogen (secondary N) is 2. The second kappa shape index (κ2) is 12.2. The van der Waals surface area contributed by atoms with E-state index in [1.807, 2.05) is 6.92 Å². The van der Waals surface area contributed by atoms with Gasteiger partial charge >= 0.3 is 6.18 Å². The van der Waals surface area contributed by atoms with Gasteiger partial charge in [-0.05, 0) is 79.7 Å². The molecular formula is C28H23BrF3N3O5S2. The number of carbonyl (C=O) groups excluding carboxylic acids is 1. The van der Waals surface area contributed by atoms with E-state index in [9.17, 15) is 34.8 Å². The van der Waals surface area contributed by atoms with Gasteiger partial charge in [0.25, 0.3) is 20.0 Å². The lowest BCUT2D eigenvalue weighted by Crippen LogP contribution is -2.38. The molecule has 8 nitrogen and oxygen atoms in total. The zero-order valence-electron chi connectivity index (χ0n) is 21.8. The number of hydrogen-bond donors (Lipinski definition) is 2. The van der Waals surface area contributed by atoms with Crippen LogP contribution in [0.5, 0.6) is 0 Å². The van der Waals surface area contributed by atoms with Crippen molar-refractivity contribution in [3.05, 3.63) is 113 Å². The molecule has 0 unspecified atom stereocenters. The maximum absolute atomic E-state index is 13.5. The van der Waals surface area contributed by atoms with Gasteiger partial charge < -0.3 is 5.32 Å². The molecule has 0 saturated carbocycles. The Morgan fingerprint density at radius 1 is 0.810 bits per heavy atom. The molecule has 220 valence electrons. The minimum absolute atomic E-state index is 0.0105. The summed E-state index contributed by atoms with van der Waals surface area (Å²) in [6.07, 6.45) is -4.65. The second-order valence-electron chi connectivity index (χ2n) is 9.06. The van der Waals surface area contributed by atoms with Gasteiger partial charge in [0.05, 0.1) is 21.0 Å². The lowest BCUT2D eigenvalue weighted by atomic mass is 10.2. The SMILES string of the molecule is Cc1ccc(S(=O)(=O)N(CC(=O)Nc2ccc(S(=O)(=O)Nc3cccc(C(F)(F)F)c3)cc2)c2cccc(Br)c2)cc1. The van der Waals surface area contributed by atoms with E-state index in [0.29, 0.717) is 10.5 Å². The molecule has 0 spiro atoms. The minimum Gasteiger partial charge on any atom is -0.325 e. The number of alkyl halides is 3. The summed E-state index contributed by atoms with van der Waals surface area (Å²) >= 11 is 3.31. The number of benzene rings is 4. The molecule has 42 heavy (non-hydrogen) atoms. The molecule has 0 fully saturated rings. The van der Waals surface area contributed by atoms with Crippen molar-refractivity contribution in [3.63, 3.8) is 0 Å². The first-order chi connectivity index (χ1) is 19.6. The topological polar surface area (TPSA) is 113 Å². The van der Waals surface area contributed by atoms with Crippen LogP contribution >= 0.6 is 15.9 Å². The van der Waals surface area contributed by atoms with Gasteiger partial charge in [-0.3, -0.25) is 13.8 Å². The molecular weight excluding hydrogens is 659 g/mol. The summed E-state index contributed by atoms with van der Waals surface area (Å²) in [5, 5.41) is 2.54. The predicted octanol–water partition coefficient (Wildman–Crippen LogP) is 6.41. The molecule has 4 rings (SSSR count). The average molecular weight is 683 g/mol. The molecule has 0 aliphatic rings. The molecule has 0 heterocycles. The van der Waals surface area contributed by atoms with E-state index >= 15 is 0 Å². The molecule has 0 radical (unpaired) electrons. The van der Waals surface area contributed by atoms with Crippen molar-refractivity contribution >= 4 is 58.9 Å². The number of halogens is 4. The quantitative estimate of drug-likeness (QED) is 0.212. The smallest absolute Gasteiger partial charge is 0.325 e. The number of rotatable bonds is 9. The van der Waals surface area contributed by atoms with E-state index in [1.165, 1.54) is 30.3 Å². The standard InChI is InChI=1S/C28H23BrF3N3O5S2/c1-19-8-12-26(13-9-19)42(39,40)35(24-7-3-5-21(29)17-24)18-27(36)33-22-10-14-25(15-11-22)41(37,38)34-23-6-2-4-20(16-23)28(30,31)32/h2-17,34H,18H2,1H3,(H,33,36).